The van der Waals surface area contributed by atoms with Crippen molar-refractivity contribution in [2.75, 3.05) is 37.7 Å². The number of aromatic nitrogens is 1. The summed E-state index contributed by atoms with van der Waals surface area (Å²) in [6.45, 7) is 5.57. The summed E-state index contributed by atoms with van der Waals surface area (Å²) in [4.78, 5) is 22.1. The molecule has 1 fully saturated rings. The van der Waals surface area contributed by atoms with E-state index in [4.69, 9.17) is 14.1 Å². The van der Waals surface area contributed by atoms with Crippen LogP contribution in [0.2, 0.25) is 0 Å². The van der Waals surface area contributed by atoms with Crippen molar-refractivity contribution >= 4 is 11.6 Å². The van der Waals surface area contributed by atoms with Crippen LogP contribution in [0.25, 0.3) is 22.6 Å². The van der Waals surface area contributed by atoms with Crippen molar-refractivity contribution in [3.05, 3.63) is 90.8 Å². The number of anilines is 1. The van der Waals surface area contributed by atoms with Crippen molar-refractivity contribution in [3.8, 4) is 28.3 Å². The molecule has 0 radical (unpaired) electrons. The van der Waals surface area contributed by atoms with Gasteiger partial charge in [0.05, 0.1) is 12.3 Å². The smallest absolute Gasteiger partial charge is 0.223 e. The van der Waals surface area contributed by atoms with Crippen LogP contribution in [0.3, 0.4) is 0 Å². The van der Waals surface area contributed by atoms with Gasteiger partial charge in [-0.05, 0) is 19.1 Å². The fourth-order valence-corrected chi connectivity index (χ4v) is 4.61. The molecule has 3 aromatic carbocycles. The van der Waals surface area contributed by atoms with E-state index in [1.54, 1.807) is 0 Å². The zero-order valence-corrected chi connectivity index (χ0v) is 20.6. The van der Waals surface area contributed by atoms with E-state index in [0.717, 1.165) is 47.1 Å². The quantitative estimate of drug-likeness (QED) is 0.324. The number of oxazole rings is 1. The number of hydrogen-bond donors (Lipinski definition) is 0. The molecule has 0 spiro atoms. The SMILES string of the molecule is CCOc1ccccc1N1CCN(C(=O)CCc2nc(-c3ccccc3)c(-c3ccccc3)o2)CC1. The lowest BCUT2D eigenvalue weighted by Gasteiger charge is -2.36. The number of hydrogen-bond acceptors (Lipinski definition) is 5. The van der Waals surface area contributed by atoms with Crippen LogP contribution in [0.4, 0.5) is 5.69 Å². The predicted molar refractivity (Wildman–Crippen MR) is 142 cm³/mol. The zero-order chi connectivity index (χ0) is 24.7. The maximum Gasteiger partial charge on any atom is 0.223 e. The molecular weight excluding hydrogens is 450 g/mol. The van der Waals surface area contributed by atoms with Gasteiger partial charge in [0.25, 0.3) is 0 Å². The lowest BCUT2D eigenvalue weighted by molar-refractivity contribution is -0.131. The van der Waals surface area contributed by atoms with Crippen LogP contribution in [-0.2, 0) is 11.2 Å². The summed E-state index contributed by atoms with van der Waals surface area (Å²) in [6, 6.07) is 28.1. The molecule has 5 rings (SSSR count). The van der Waals surface area contributed by atoms with E-state index in [2.05, 4.69) is 11.0 Å². The van der Waals surface area contributed by atoms with Gasteiger partial charge in [-0.25, -0.2) is 4.98 Å². The molecule has 0 bridgehead atoms. The Kier molecular flexibility index (Phi) is 7.31. The van der Waals surface area contributed by atoms with Crippen LogP contribution >= 0.6 is 0 Å². The fraction of sp³-hybridized carbons (Fsp3) is 0.267. The third kappa shape index (κ3) is 5.28. The minimum absolute atomic E-state index is 0.133. The number of nitrogens with zero attached hydrogens (tertiary/aromatic N) is 3. The van der Waals surface area contributed by atoms with E-state index < -0.39 is 0 Å². The summed E-state index contributed by atoms with van der Waals surface area (Å²) in [7, 11) is 0. The molecule has 6 nitrogen and oxygen atoms in total. The van der Waals surface area contributed by atoms with E-state index >= 15 is 0 Å². The van der Waals surface area contributed by atoms with Crippen molar-refractivity contribution in [1.29, 1.82) is 0 Å². The molecule has 2 heterocycles. The summed E-state index contributed by atoms with van der Waals surface area (Å²) in [5.41, 5.74) is 3.88. The highest BCUT2D eigenvalue weighted by atomic mass is 16.5. The molecular formula is C30H31N3O3. The summed E-state index contributed by atoms with van der Waals surface area (Å²) in [5, 5.41) is 0. The van der Waals surface area contributed by atoms with Crippen LogP contribution in [0.1, 0.15) is 19.2 Å². The van der Waals surface area contributed by atoms with Crippen molar-refractivity contribution in [2.24, 2.45) is 0 Å². The second kappa shape index (κ2) is 11.1. The first kappa shape index (κ1) is 23.7. The molecule has 36 heavy (non-hydrogen) atoms. The number of ether oxygens (including phenoxy) is 1. The Morgan fingerprint density at radius 3 is 2.19 bits per heavy atom. The number of carbonyl (C=O) groups excluding carboxylic acids is 1. The fourth-order valence-electron chi connectivity index (χ4n) is 4.61. The number of amides is 1. The molecule has 1 saturated heterocycles. The molecule has 1 aliphatic rings. The summed E-state index contributed by atoms with van der Waals surface area (Å²) >= 11 is 0. The zero-order valence-electron chi connectivity index (χ0n) is 20.6. The number of benzene rings is 3. The third-order valence-corrected chi connectivity index (χ3v) is 6.45. The Labute approximate surface area is 212 Å². The van der Waals surface area contributed by atoms with Gasteiger partial charge in [0.2, 0.25) is 5.91 Å². The Hall–Kier alpha value is -4.06. The van der Waals surface area contributed by atoms with E-state index in [1.165, 1.54) is 0 Å². The van der Waals surface area contributed by atoms with Gasteiger partial charge >= 0.3 is 0 Å². The van der Waals surface area contributed by atoms with Gasteiger partial charge in [-0.15, -0.1) is 0 Å². The Morgan fingerprint density at radius 2 is 1.50 bits per heavy atom. The average Bonchev–Trinajstić information content (AvgIpc) is 3.38. The van der Waals surface area contributed by atoms with Gasteiger partial charge < -0.3 is 19.0 Å². The molecule has 0 N–H and O–H groups in total. The van der Waals surface area contributed by atoms with Gasteiger partial charge in [0.1, 0.15) is 11.4 Å². The van der Waals surface area contributed by atoms with Gasteiger partial charge in [0.15, 0.2) is 11.7 Å². The van der Waals surface area contributed by atoms with E-state index in [-0.39, 0.29) is 5.91 Å². The second-order valence-corrected chi connectivity index (χ2v) is 8.79. The molecule has 1 aromatic heterocycles. The molecule has 1 aliphatic heterocycles. The molecule has 0 aliphatic carbocycles. The highest BCUT2D eigenvalue weighted by molar-refractivity contribution is 5.78. The molecule has 184 valence electrons. The Balaban J connectivity index is 1.24. The minimum atomic E-state index is 0.133. The van der Waals surface area contributed by atoms with Crippen molar-refractivity contribution in [3.63, 3.8) is 0 Å². The molecule has 4 aromatic rings. The topological polar surface area (TPSA) is 58.8 Å². The largest absolute Gasteiger partial charge is 0.492 e. The van der Waals surface area contributed by atoms with E-state index in [9.17, 15) is 4.79 Å². The molecule has 0 saturated carbocycles. The molecule has 0 unspecified atom stereocenters. The maximum absolute atomic E-state index is 13.0. The third-order valence-electron chi connectivity index (χ3n) is 6.45. The van der Waals surface area contributed by atoms with Gasteiger partial charge in [0, 0.05) is 50.1 Å². The lowest BCUT2D eigenvalue weighted by Crippen LogP contribution is -2.49. The van der Waals surface area contributed by atoms with Crippen LogP contribution in [0.15, 0.2) is 89.3 Å². The standard InChI is InChI=1S/C30H31N3O3/c1-2-35-26-16-10-9-15-25(26)32-19-21-33(22-20-32)28(34)18-17-27-31-29(23-11-5-3-6-12-23)30(36-27)24-13-7-4-8-14-24/h3-16H,2,17-22H2,1H3. The highest BCUT2D eigenvalue weighted by Gasteiger charge is 2.24. The van der Waals surface area contributed by atoms with Crippen molar-refractivity contribution in [2.45, 2.75) is 19.8 Å². The predicted octanol–water partition coefficient (Wildman–Crippen LogP) is 5.69. The molecule has 1 amide bonds. The van der Waals surface area contributed by atoms with Crippen LogP contribution in [0, 0.1) is 0 Å². The number of carbonyl (C=O) groups is 1. The number of aryl methyl sites for hydroxylation is 1. The first-order chi connectivity index (χ1) is 17.7. The average molecular weight is 482 g/mol. The van der Waals surface area contributed by atoms with Crippen molar-refractivity contribution < 1.29 is 13.9 Å². The summed E-state index contributed by atoms with van der Waals surface area (Å²) in [6.07, 6.45) is 0.845. The number of piperazine rings is 1. The maximum atomic E-state index is 13.0. The summed E-state index contributed by atoms with van der Waals surface area (Å²) in [5.74, 6) is 2.36. The van der Waals surface area contributed by atoms with Gasteiger partial charge in [-0.2, -0.15) is 0 Å². The highest BCUT2D eigenvalue weighted by Crippen LogP contribution is 2.33. The van der Waals surface area contributed by atoms with Crippen LogP contribution in [0.5, 0.6) is 5.75 Å². The number of para-hydroxylation sites is 2. The van der Waals surface area contributed by atoms with Gasteiger partial charge in [-0.1, -0.05) is 72.8 Å². The first-order valence-corrected chi connectivity index (χ1v) is 12.6. The summed E-state index contributed by atoms with van der Waals surface area (Å²) < 4.78 is 12.0. The molecule has 0 atom stereocenters. The second-order valence-electron chi connectivity index (χ2n) is 8.79. The molecule has 6 heteroatoms. The first-order valence-electron chi connectivity index (χ1n) is 12.6. The van der Waals surface area contributed by atoms with E-state index in [1.807, 2.05) is 90.7 Å². The normalized spacial score (nSPS) is 13.6. The Bertz CT molecular complexity index is 1220. The minimum Gasteiger partial charge on any atom is -0.492 e. The van der Waals surface area contributed by atoms with Crippen LogP contribution < -0.4 is 9.64 Å². The van der Waals surface area contributed by atoms with Crippen LogP contribution in [-0.4, -0.2) is 48.6 Å². The van der Waals surface area contributed by atoms with Gasteiger partial charge in [-0.3, -0.25) is 4.79 Å². The lowest BCUT2D eigenvalue weighted by atomic mass is 10.1. The number of rotatable bonds is 8. The monoisotopic (exact) mass is 481 g/mol. The van der Waals surface area contributed by atoms with E-state index in [0.29, 0.717) is 38.4 Å². The van der Waals surface area contributed by atoms with Crippen molar-refractivity contribution in [1.82, 2.24) is 9.88 Å². The Morgan fingerprint density at radius 1 is 0.861 bits per heavy atom.